The second kappa shape index (κ2) is 29.1. The molecule has 16 nitrogen and oxygen atoms in total. The zero-order valence-corrected chi connectivity index (χ0v) is 34.9. The Bertz CT molecular complexity index is 1740. The van der Waals surface area contributed by atoms with E-state index in [0.717, 1.165) is 16.7 Å². The van der Waals surface area contributed by atoms with Crippen LogP contribution in [-0.2, 0) is 62.8 Å². The molecule has 0 heterocycles. The highest BCUT2D eigenvalue weighted by atomic mass is 79.9. The molecule has 59 heavy (non-hydrogen) atoms. The lowest BCUT2D eigenvalue weighted by molar-refractivity contribution is -0.141. The number of amides is 3. The van der Waals surface area contributed by atoms with E-state index in [1.165, 1.54) is 20.8 Å². The quantitative estimate of drug-likeness (QED) is 0.0775. The molecule has 3 amide bonds. The van der Waals surface area contributed by atoms with Crippen LogP contribution in [0.5, 0.6) is 0 Å². The monoisotopic (exact) mass is 883 g/mol. The maximum Gasteiger partial charge on any atom is 0.408 e. The maximum absolute atomic E-state index is 11.6. The molecular weight excluding hydrogens is 834 g/mol. The number of carbonyl (C=O) groups excluding carboxylic acids is 8. The van der Waals surface area contributed by atoms with Gasteiger partial charge in [-0.2, -0.15) is 0 Å². The fourth-order valence-corrected chi connectivity index (χ4v) is 5.00. The lowest BCUT2D eigenvalue weighted by atomic mass is 10.1. The first-order valence-electron chi connectivity index (χ1n) is 18.3. The third kappa shape index (κ3) is 24.2. The van der Waals surface area contributed by atoms with Crippen LogP contribution in [0.1, 0.15) is 70.1 Å². The minimum Gasteiger partial charge on any atom is -0.480 e. The number of hydrogen-bond donors (Lipinski definition) is 4. The summed E-state index contributed by atoms with van der Waals surface area (Å²) in [5, 5.41) is 15.9. The van der Waals surface area contributed by atoms with Gasteiger partial charge in [0.05, 0.1) is 17.4 Å². The van der Waals surface area contributed by atoms with Crippen LogP contribution in [0.25, 0.3) is 0 Å². The third-order valence-corrected chi connectivity index (χ3v) is 8.10. The zero-order chi connectivity index (χ0) is 44.2. The first-order chi connectivity index (χ1) is 28.0. The number of carboxylic acid groups (broad SMARTS) is 1. The van der Waals surface area contributed by atoms with Crippen LogP contribution in [0.3, 0.4) is 0 Å². The number of rotatable bonds is 20. The number of halogens is 1. The zero-order valence-electron chi connectivity index (χ0n) is 33.3. The Morgan fingerprint density at radius 3 is 1.07 bits per heavy atom. The molecule has 3 rings (SSSR count). The molecule has 0 saturated carbocycles. The number of alkyl halides is 1. The van der Waals surface area contributed by atoms with Crippen molar-refractivity contribution in [3.8, 4) is 0 Å². The number of ketones is 5. The fraction of sp³-hybridized carbons (Fsp3) is 0.357. The molecule has 3 aromatic rings. The lowest BCUT2D eigenvalue weighted by Gasteiger charge is -2.15. The van der Waals surface area contributed by atoms with E-state index in [2.05, 4.69) is 31.9 Å². The molecule has 0 aliphatic carbocycles. The van der Waals surface area contributed by atoms with E-state index in [-0.39, 0.29) is 79.8 Å². The number of nitrogens with one attached hydrogen (secondary N) is 3. The molecule has 4 N–H and O–H groups in total. The Kier molecular flexibility index (Phi) is 25.0. The molecule has 0 fully saturated rings. The van der Waals surface area contributed by atoms with Crippen LogP contribution >= 0.6 is 15.9 Å². The molecule has 0 bridgehead atoms. The van der Waals surface area contributed by atoms with E-state index >= 15 is 0 Å². The highest BCUT2D eigenvalue weighted by Gasteiger charge is 2.24. The van der Waals surface area contributed by atoms with Crippen molar-refractivity contribution in [3.05, 3.63) is 108 Å². The molecule has 0 aromatic heterocycles. The summed E-state index contributed by atoms with van der Waals surface area (Å²) in [4.78, 5) is 102. The Balaban J connectivity index is 0.000000443. The minimum atomic E-state index is -1.27. The van der Waals surface area contributed by atoms with Gasteiger partial charge in [-0.1, -0.05) is 114 Å². The highest BCUT2D eigenvalue weighted by Crippen LogP contribution is 2.06. The topological polar surface area (TPSA) is 238 Å². The predicted molar refractivity (Wildman–Crippen MR) is 218 cm³/mol. The SMILES string of the molecule is CC(=O)C[C@H](NC(=O)OCc1ccccc1)C(=O)CBr.CC(=O)C[C@H](NC(=O)OCc1ccccc1)C(=O)O.CCC(=O)[C@H](CC(C)=O)NC(=O)OCc1ccccc1. The number of aliphatic carboxylic acids is 1. The van der Waals surface area contributed by atoms with Crippen LogP contribution in [0.15, 0.2) is 91.0 Å². The average Bonchev–Trinajstić information content (AvgIpc) is 3.21. The van der Waals surface area contributed by atoms with E-state index in [9.17, 15) is 43.2 Å². The molecule has 0 saturated heterocycles. The van der Waals surface area contributed by atoms with E-state index < -0.39 is 42.4 Å². The van der Waals surface area contributed by atoms with Gasteiger partial charge < -0.3 is 35.3 Å². The van der Waals surface area contributed by atoms with Crippen molar-refractivity contribution < 1.29 is 62.5 Å². The summed E-state index contributed by atoms with van der Waals surface area (Å²) in [6.07, 6.45) is -2.32. The summed E-state index contributed by atoms with van der Waals surface area (Å²) in [5.74, 6) is -2.37. The first-order valence-corrected chi connectivity index (χ1v) is 19.4. The van der Waals surface area contributed by atoms with E-state index in [4.69, 9.17) is 19.3 Å². The van der Waals surface area contributed by atoms with Crippen molar-refractivity contribution in [2.45, 2.75) is 91.3 Å². The van der Waals surface area contributed by atoms with Gasteiger partial charge in [-0.25, -0.2) is 19.2 Å². The number of Topliss-reactive ketones (excluding diaryl/α,β-unsaturated/α-hetero) is 5. The Morgan fingerprint density at radius 1 is 0.508 bits per heavy atom. The first kappa shape index (κ1) is 50.8. The molecule has 0 aliphatic heterocycles. The number of hydrogen-bond acceptors (Lipinski definition) is 12. The van der Waals surface area contributed by atoms with Gasteiger partial charge in [0, 0.05) is 25.7 Å². The van der Waals surface area contributed by atoms with Gasteiger partial charge in [0.2, 0.25) is 0 Å². The number of ether oxygens (including phenoxy) is 3. The van der Waals surface area contributed by atoms with Gasteiger partial charge in [0.15, 0.2) is 11.6 Å². The lowest BCUT2D eigenvalue weighted by Crippen LogP contribution is -2.42. The minimum absolute atomic E-state index is 0.00684. The third-order valence-electron chi connectivity index (χ3n) is 7.54. The van der Waals surface area contributed by atoms with E-state index in [1.54, 1.807) is 31.2 Å². The van der Waals surface area contributed by atoms with Crippen molar-refractivity contribution in [1.29, 1.82) is 0 Å². The second-order valence-corrected chi connectivity index (χ2v) is 13.3. The van der Waals surface area contributed by atoms with Crippen molar-refractivity contribution in [2.75, 3.05) is 5.33 Å². The summed E-state index contributed by atoms with van der Waals surface area (Å²) in [7, 11) is 0. The Labute approximate surface area is 350 Å². The summed E-state index contributed by atoms with van der Waals surface area (Å²) in [5.41, 5.74) is 2.49. The number of alkyl carbamates (subject to hydrolysis) is 3. The van der Waals surface area contributed by atoms with Gasteiger partial charge >= 0.3 is 24.2 Å². The molecule has 0 aliphatic rings. The summed E-state index contributed by atoms with van der Waals surface area (Å²) in [6.45, 7) is 5.97. The van der Waals surface area contributed by atoms with Crippen molar-refractivity contribution >= 4 is 69.1 Å². The normalized spacial score (nSPS) is 11.5. The number of carbonyl (C=O) groups is 9. The molecule has 3 atom stereocenters. The Hall–Kier alpha value is -6.23. The van der Waals surface area contributed by atoms with Crippen LogP contribution in [-0.4, -0.2) is 81.7 Å². The number of benzene rings is 3. The standard InChI is InChI=1S/C15H19NO4.C14H16BrNO4.C13H15NO5/c1-3-14(18)13(9-11(2)17)16-15(19)20-10-12-7-5-4-6-8-12;1-10(17)7-12(13(18)8-15)16-14(19)20-9-11-5-3-2-4-6-11;1-9(15)7-11(12(16)17)14-13(18)19-8-10-5-3-2-4-6-10/h4-8,13H,3,9-10H2,1-2H3,(H,16,19);2-6,12H,7-9H2,1H3,(H,16,19);2-6,11H,7-8H2,1H3,(H,14,18)(H,16,17)/t13-;12-;11-/m000/s1. The summed E-state index contributed by atoms with van der Waals surface area (Å²) >= 11 is 3.02. The summed E-state index contributed by atoms with van der Waals surface area (Å²) < 4.78 is 14.9. The van der Waals surface area contributed by atoms with Gasteiger partial charge in [0.25, 0.3) is 0 Å². The van der Waals surface area contributed by atoms with Crippen LogP contribution < -0.4 is 16.0 Å². The van der Waals surface area contributed by atoms with Crippen molar-refractivity contribution in [3.63, 3.8) is 0 Å². The molecule has 318 valence electrons. The van der Waals surface area contributed by atoms with Gasteiger partial charge in [-0.05, 0) is 37.5 Å². The second-order valence-electron chi connectivity index (χ2n) is 12.8. The Morgan fingerprint density at radius 2 is 0.797 bits per heavy atom. The molecule has 3 aromatic carbocycles. The summed E-state index contributed by atoms with van der Waals surface area (Å²) in [6, 6.07) is 24.5. The van der Waals surface area contributed by atoms with Gasteiger partial charge in [-0.3, -0.25) is 24.0 Å². The molecule has 17 heteroatoms. The highest BCUT2D eigenvalue weighted by molar-refractivity contribution is 9.09. The van der Waals surface area contributed by atoms with Crippen LogP contribution in [0.2, 0.25) is 0 Å². The predicted octanol–water partition coefficient (Wildman–Crippen LogP) is 5.81. The maximum atomic E-state index is 11.6. The molecule has 0 radical (unpaired) electrons. The smallest absolute Gasteiger partial charge is 0.408 e. The van der Waals surface area contributed by atoms with Crippen molar-refractivity contribution in [1.82, 2.24) is 16.0 Å². The fourth-order valence-electron chi connectivity index (χ4n) is 4.61. The number of carboxylic acids is 1. The molecule has 0 spiro atoms. The van der Waals surface area contributed by atoms with Gasteiger partial charge in [0.1, 0.15) is 43.2 Å². The average molecular weight is 885 g/mol. The van der Waals surface area contributed by atoms with Gasteiger partial charge in [-0.15, -0.1) is 0 Å². The van der Waals surface area contributed by atoms with E-state index in [0.29, 0.717) is 0 Å². The van der Waals surface area contributed by atoms with Crippen LogP contribution in [0.4, 0.5) is 14.4 Å². The molecule has 0 unspecified atom stereocenters. The largest absolute Gasteiger partial charge is 0.480 e. The van der Waals surface area contributed by atoms with E-state index in [1.807, 2.05) is 66.7 Å². The molecular formula is C42H50BrN3O13. The van der Waals surface area contributed by atoms with Crippen molar-refractivity contribution in [2.24, 2.45) is 0 Å². The van der Waals surface area contributed by atoms with Crippen LogP contribution in [0, 0.1) is 0 Å².